The van der Waals surface area contributed by atoms with Gasteiger partial charge in [-0.3, -0.25) is 4.79 Å². The van der Waals surface area contributed by atoms with Crippen molar-refractivity contribution in [3.05, 3.63) is 0 Å². The molecule has 4 atom stereocenters. The molecular weight excluding hydrogens is 216 g/mol. The molecule has 2 saturated heterocycles. The van der Waals surface area contributed by atoms with Gasteiger partial charge in [0.05, 0.1) is 12.0 Å². The Morgan fingerprint density at radius 2 is 2.18 bits per heavy atom. The molecular formula is C13H24N2O2. The number of hydrogen-bond donors (Lipinski definition) is 2. The molecule has 0 aromatic rings. The average Bonchev–Trinajstić information content (AvgIpc) is 2.74. The minimum absolute atomic E-state index is 0.0606. The van der Waals surface area contributed by atoms with Crippen molar-refractivity contribution in [2.24, 2.45) is 11.8 Å². The first-order chi connectivity index (χ1) is 8.16. The van der Waals surface area contributed by atoms with Gasteiger partial charge in [0, 0.05) is 19.2 Å². The lowest BCUT2D eigenvalue weighted by atomic mass is 9.95. The van der Waals surface area contributed by atoms with E-state index in [1.807, 2.05) is 6.92 Å². The number of rotatable bonds is 3. The molecule has 0 radical (unpaired) electrons. The van der Waals surface area contributed by atoms with Crippen molar-refractivity contribution >= 4 is 5.91 Å². The van der Waals surface area contributed by atoms with Crippen LogP contribution in [-0.4, -0.2) is 37.7 Å². The molecule has 0 aromatic heterocycles. The third-order valence-corrected chi connectivity index (χ3v) is 4.04. The van der Waals surface area contributed by atoms with Crippen LogP contribution in [0.25, 0.3) is 0 Å². The Hall–Kier alpha value is -0.610. The summed E-state index contributed by atoms with van der Waals surface area (Å²) in [4.78, 5) is 12.0. The summed E-state index contributed by atoms with van der Waals surface area (Å²) in [6.07, 6.45) is 3.38. The maximum absolute atomic E-state index is 12.0. The van der Waals surface area contributed by atoms with Crippen LogP contribution < -0.4 is 10.6 Å². The van der Waals surface area contributed by atoms with E-state index >= 15 is 0 Å². The highest BCUT2D eigenvalue weighted by Gasteiger charge is 2.31. The zero-order chi connectivity index (χ0) is 12.3. The van der Waals surface area contributed by atoms with Gasteiger partial charge in [0.15, 0.2) is 0 Å². The smallest absolute Gasteiger partial charge is 0.225 e. The van der Waals surface area contributed by atoms with Crippen LogP contribution >= 0.6 is 0 Å². The van der Waals surface area contributed by atoms with E-state index in [1.165, 1.54) is 12.8 Å². The maximum atomic E-state index is 12.0. The molecule has 2 rings (SSSR count). The maximum Gasteiger partial charge on any atom is 0.225 e. The lowest BCUT2D eigenvalue weighted by Gasteiger charge is -2.28. The average molecular weight is 240 g/mol. The molecule has 2 fully saturated rings. The van der Waals surface area contributed by atoms with E-state index in [2.05, 4.69) is 17.6 Å². The summed E-state index contributed by atoms with van der Waals surface area (Å²) in [6, 6.07) is 0.630. The Bertz CT molecular complexity index is 262. The van der Waals surface area contributed by atoms with Crippen LogP contribution in [0.2, 0.25) is 0 Å². The highest BCUT2D eigenvalue weighted by molar-refractivity contribution is 5.79. The second-order valence-corrected chi connectivity index (χ2v) is 5.47. The molecule has 0 aliphatic carbocycles. The van der Waals surface area contributed by atoms with Gasteiger partial charge in [-0.05, 0) is 45.6 Å². The Morgan fingerprint density at radius 1 is 1.35 bits per heavy atom. The Morgan fingerprint density at radius 3 is 2.76 bits per heavy atom. The number of amides is 1. The predicted molar refractivity (Wildman–Crippen MR) is 66.7 cm³/mol. The number of carbonyl (C=O) groups is 1. The molecule has 2 heterocycles. The summed E-state index contributed by atoms with van der Waals surface area (Å²) in [5, 5.41) is 6.54. The van der Waals surface area contributed by atoms with Crippen LogP contribution in [0.5, 0.6) is 0 Å². The molecule has 2 aliphatic heterocycles. The molecule has 0 bridgehead atoms. The topological polar surface area (TPSA) is 50.4 Å². The van der Waals surface area contributed by atoms with Gasteiger partial charge in [-0.2, -0.15) is 0 Å². The summed E-state index contributed by atoms with van der Waals surface area (Å²) < 4.78 is 5.42. The number of hydrogen-bond acceptors (Lipinski definition) is 3. The van der Waals surface area contributed by atoms with Gasteiger partial charge in [0.25, 0.3) is 0 Å². The van der Waals surface area contributed by atoms with E-state index in [1.54, 1.807) is 0 Å². The predicted octanol–water partition coefficient (Wildman–Crippen LogP) is 0.916. The Kier molecular flexibility index (Phi) is 4.40. The molecule has 1 amide bonds. The van der Waals surface area contributed by atoms with Crippen LogP contribution in [-0.2, 0) is 9.53 Å². The Labute approximate surface area is 103 Å². The van der Waals surface area contributed by atoms with Gasteiger partial charge in [0.1, 0.15) is 0 Å². The van der Waals surface area contributed by atoms with Gasteiger partial charge >= 0.3 is 0 Å². The minimum Gasteiger partial charge on any atom is -0.378 e. The van der Waals surface area contributed by atoms with Gasteiger partial charge in [-0.15, -0.1) is 0 Å². The van der Waals surface area contributed by atoms with Gasteiger partial charge in [-0.1, -0.05) is 0 Å². The quantitative estimate of drug-likeness (QED) is 0.771. The third-order valence-electron chi connectivity index (χ3n) is 4.04. The largest absolute Gasteiger partial charge is 0.378 e. The lowest BCUT2D eigenvalue weighted by Crippen LogP contribution is -2.43. The fourth-order valence-corrected chi connectivity index (χ4v) is 2.68. The molecule has 4 heteroatoms. The Balaban J connectivity index is 1.69. The van der Waals surface area contributed by atoms with Crippen LogP contribution in [0, 0.1) is 11.8 Å². The number of nitrogens with one attached hydrogen (secondary N) is 2. The van der Waals surface area contributed by atoms with Crippen LogP contribution in [0.4, 0.5) is 0 Å². The van der Waals surface area contributed by atoms with E-state index in [0.717, 1.165) is 26.1 Å². The van der Waals surface area contributed by atoms with Crippen molar-refractivity contribution in [3.63, 3.8) is 0 Å². The first-order valence-electron chi connectivity index (χ1n) is 6.79. The lowest BCUT2D eigenvalue weighted by molar-refractivity contribution is -0.126. The van der Waals surface area contributed by atoms with Crippen LogP contribution in [0.15, 0.2) is 0 Å². The van der Waals surface area contributed by atoms with Crippen molar-refractivity contribution in [3.8, 4) is 0 Å². The molecule has 2 N–H and O–H groups in total. The van der Waals surface area contributed by atoms with Gasteiger partial charge < -0.3 is 15.4 Å². The van der Waals surface area contributed by atoms with E-state index in [-0.39, 0.29) is 17.9 Å². The first-order valence-corrected chi connectivity index (χ1v) is 6.79. The monoisotopic (exact) mass is 240 g/mol. The van der Waals surface area contributed by atoms with Crippen molar-refractivity contribution in [2.75, 3.05) is 19.7 Å². The molecule has 4 nitrogen and oxygen atoms in total. The summed E-state index contributed by atoms with van der Waals surface area (Å²) in [6.45, 7) is 6.76. The highest BCUT2D eigenvalue weighted by atomic mass is 16.5. The molecule has 98 valence electrons. The summed E-state index contributed by atoms with van der Waals surface area (Å²) in [5.74, 6) is 0.826. The molecule has 4 unspecified atom stereocenters. The van der Waals surface area contributed by atoms with Gasteiger partial charge in [-0.25, -0.2) is 0 Å². The minimum atomic E-state index is 0.0606. The number of carbonyl (C=O) groups excluding carboxylic acids is 1. The number of ether oxygens (including phenoxy) is 1. The zero-order valence-electron chi connectivity index (χ0n) is 10.9. The van der Waals surface area contributed by atoms with Crippen molar-refractivity contribution < 1.29 is 9.53 Å². The second kappa shape index (κ2) is 5.83. The van der Waals surface area contributed by atoms with E-state index in [9.17, 15) is 4.79 Å². The molecule has 0 aromatic carbocycles. The SMILES string of the molecule is CC1CCC(CNC(=O)C2CCOC2C)CN1. The van der Waals surface area contributed by atoms with E-state index in [0.29, 0.717) is 12.0 Å². The molecule has 2 aliphatic rings. The fraction of sp³-hybridized carbons (Fsp3) is 0.923. The van der Waals surface area contributed by atoms with Crippen molar-refractivity contribution in [1.82, 2.24) is 10.6 Å². The molecule has 0 saturated carbocycles. The summed E-state index contributed by atoms with van der Waals surface area (Å²) >= 11 is 0. The van der Waals surface area contributed by atoms with Gasteiger partial charge in [0.2, 0.25) is 5.91 Å². The highest BCUT2D eigenvalue weighted by Crippen LogP contribution is 2.20. The molecule has 17 heavy (non-hydrogen) atoms. The third kappa shape index (κ3) is 3.42. The summed E-state index contributed by atoms with van der Waals surface area (Å²) in [7, 11) is 0. The standard InChI is InChI=1S/C13H24N2O2/c1-9-3-4-11(7-14-9)8-15-13(16)12-5-6-17-10(12)2/h9-12,14H,3-8H2,1-2H3,(H,15,16). The normalized spacial score (nSPS) is 38.0. The second-order valence-electron chi connectivity index (χ2n) is 5.47. The fourth-order valence-electron chi connectivity index (χ4n) is 2.68. The van der Waals surface area contributed by atoms with Crippen LogP contribution in [0.3, 0.4) is 0 Å². The van der Waals surface area contributed by atoms with Crippen molar-refractivity contribution in [1.29, 1.82) is 0 Å². The zero-order valence-corrected chi connectivity index (χ0v) is 10.9. The van der Waals surface area contributed by atoms with Crippen molar-refractivity contribution in [2.45, 2.75) is 45.3 Å². The first kappa shape index (κ1) is 12.8. The number of piperidine rings is 1. The van der Waals surface area contributed by atoms with E-state index < -0.39 is 0 Å². The van der Waals surface area contributed by atoms with Crippen LogP contribution in [0.1, 0.15) is 33.1 Å². The molecule has 0 spiro atoms. The summed E-state index contributed by atoms with van der Waals surface area (Å²) in [5.41, 5.74) is 0. The van der Waals surface area contributed by atoms with E-state index in [4.69, 9.17) is 4.74 Å².